The van der Waals surface area contributed by atoms with Crippen LogP contribution in [0.3, 0.4) is 0 Å². The largest absolute Gasteiger partial charge is 0.385 e. The first-order chi connectivity index (χ1) is 8.09. The second-order valence-corrected chi connectivity index (χ2v) is 4.54. The summed E-state index contributed by atoms with van der Waals surface area (Å²) in [5, 5.41) is 10.3. The van der Waals surface area contributed by atoms with Crippen LogP contribution in [0.25, 0.3) is 0 Å². The average Bonchev–Trinajstić information content (AvgIpc) is 2.78. The van der Waals surface area contributed by atoms with Gasteiger partial charge in [-0.25, -0.2) is 8.78 Å². The third kappa shape index (κ3) is 2.19. The molecule has 1 aliphatic carbocycles. The molecule has 1 aromatic carbocycles. The van der Waals surface area contributed by atoms with Crippen LogP contribution in [0.1, 0.15) is 37.4 Å². The van der Waals surface area contributed by atoms with Gasteiger partial charge in [0, 0.05) is 18.7 Å². The molecule has 0 amide bonds. The summed E-state index contributed by atoms with van der Waals surface area (Å²) in [6.45, 7) is 0. The predicted octanol–water partition coefficient (Wildman–Crippen LogP) is 2.96. The van der Waals surface area contributed by atoms with Crippen molar-refractivity contribution in [2.75, 3.05) is 7.11 Å². The second kappa shape index (κ2) is 4.70. The number of ether oxygens (including phenoxy) is 1. The number of hydrogen-bond donors (Lipinski definition) is 1. The van der Waals surface area contributed by atoms with E-state index in [0.29, 0.717) is 12.8 Å². The van der Waals surface area contributed by atoms with Crippen molar-refractivity contribution >= 4 is 0 Å². The molecule has 1 N–H and O–H groups in total. The van der Waals surface area contributed by atoms with Crippen molar-refractivity contribution in [2.45, 2.75) is 37.4 Å². The van der Waals surface area contributed by atoms with Crippen LogP contribution in [-0.4, -0.2) is 17.8 Å². The Bertz CT molecular complexity index is 400. The molecule has 0 saturated heterocycles. The van der Waals surface area contributed by atoms with Crippen LogP contribution in [-0.2, 0) is 4.74 Å². The number of halogens is 2. The van der Waals surface area contributed by atoms with Crippen molar-refractivity contribution in [3.05, 3.63) is 35.4 Å². The summed E-state index contributed by atoms with van der Waals surface area (Å²) >= 11 is 0. The van der Waals surface area contributed by atoms with Crippen molar-refractivity contribution in [3.63, 3.8) is 0 Å². The lowest BCUT2D eigenvalue weighted by Crippen LogP contribution is -2.36. The molecule has 4 heteroatoms. The van der Waals surface area contributed by atoms with Crippen LogP contribution in [0.4, 0.5) is 8.78 Å². The Hall–Kier alpha value is -1.00. The maximum atomic E-state index is 13.6. The summed E-state index contributed by atoms with van der Waals surface area (Å²) in [5.74, 6) is -1.36. The maximum absolute atomic E-state index is 13.6. The van der Waals surface area contributed by atoms with Crippen molar-refractivity contribution in [1.82, 2.24) is 0 Å². The van der Waals surface area contributed by atoms with Crippen molar-refractivity contribution in [2.24, 2.45) is 0 Å². The normalized spacial score (nSPS) is 20.5. The standard InChI is InChI=1S/C13H16F2O2/c1-17-13(6-2-3-7-13)12(16)10-5-4-9(14)8-11(10)15/h4-5,8,12,16H,2-3,6-7H2,1H3. The second-order valence-electron chi connectivity index (χ2n) is 4.54. The van der Waals surface area contributed by atoms with Crippen LogP contribution < -0.4 is 0 Å². The van der Waals surface area contributed by atoms with Gasteiger partial charge >= 0.3 is 0 Å². The van der Waals surface area contributed by atoms with E-state index in [1.165, 1.54) is 13.2 Å². The Morgan fingerprint density at radius 3 is 2.47 bits per heavy atom. The van der Waals surface area contributed by atoms with E-state index in [0.717, 1.165) is 25.0 Å². The van der Waals surface area contributed by atoms with Gasteiger partial charge in [-0.15, -0.1) is 0 Å². The highest BCUT2D eigenvalue weighted by Gasteiger charge is 2.42. The molecular formula is C13H16F2O2. The molecule has 1 saturated carbocycles. The molecule has 1 fully saturated rings. The van der Waals surface area contributed by atoms with Crippen molar-refractivity contribution < 1.29 is 18.6 Å². The van der Waals surface area contributed by atoms with Gasteiger partial charge < -0.3 is 9.84 Å². The molecule has 0 bridgehead atoms. The first-order valence-corrected chi connectivity index (χ1v) is 5.77. The molecule has 0 aromatic heterocycles. The minimum absolute atomic E-state index is 0.107. The minimum Gasteiger partial charge on any atom is -0.385 e. The molecule has 0 radical (unpaired) electrons. The van der Waals surface area contributed by atoms with Crippen molar-refractivity contribution in [1.29, 1.82) is 0 Å². The van der Waals surface area contributed by atoms with E-state index in [-0.39, 0.29) is 5.56 Å². The lowest BCUT2D eigenvalue weighted by Gasteiger charge is -2.33. The van der Waals surface area contributed by atoms with Gasteiger partial charge in [-0.05, 0) is 18.9 Å². The molecule has 1 unspecified atom stereocenters. The van der Waals surface area contributed by atoms with E-state index in [2.05, 4.69) is 0 Å². The van der Waals surface area contributed by atoms with E-state index < -0.39 is 23.3 Å². The van der Waals surface area contributed by atoms with Crippen LogP contribution in [0, 0.1) is 11.6 Å². The molecule has 0 spiro atoms. The van der Waals surface area contributed by atoms with Crippen LogP contribution in [0.15, 0.2) is 18.2 Å². The highest BCUT2D eigenvalue weighted by molar-refractivity contribution is 5.24. The third-order valence-electron chi connectivity index (χ3n) is 3.61. The molecular weight excluding hydrogens is 226 g/mol. The van der Waals surface area contributed by atoms with E-state index >= 15 is 0 Å². The fourth-order valence-electron chi connectivity index (χ4n) is 2.57. The third-order valence-corrected chi connectivity index (χ3v) is 3.61. The Morgan fingerprint density at radius 1 is 1.29 bits per heavy atom. The lowest BCUT2D eigenvalue weighted by molar-refractivity contribution is -0.101. The molecule has 1 atom stereocenters. The van der Waals surface area contributed by atoms with E-state index in [1.807, 2.05) is 0 Å². The van der Waals surface area contributed by atoms with E-state index in [4.69, 9.17) is 4.74 Å². The van der Waals surface area contributed by atoms with Gasteiger partial charge in [0.2, 0.25) is 0 Å². The molecule has 17 heavy (non-hydrogen) atoms. The number of hydrogen-bond acceptors (Lipinski definition) is 2. The molecule has 94 valence electrons. The van der Waals surface area contributed by atoms with Gasteiger partial charge in [-0.2, -0.15) is 0 Å². The van der Waals surface area contributed by atoms with Gasteiger partial charge in [-0.1, -0.05) is 18.9 Å². The maximum Gasteiger partial charge on any atom is 0.132 e. The molecule has 1 aromatic rings. The summed E-state index contributed by atoms with van der Waals surface area (Å²) < 4.78 is 31.8. The highest BCUT2D eigenvalue weighted by atomic mass is 19.1. The molecule has 0 heterocycles. The van der Waals surface area contributed by atoms with Crippen LogP contribution in [0.5, 0.6) is 0 Å². The number of methoxy groups -OCH3 is 1. The van der Waals surface area contributed by atoms with Crippen LogP contribution >= 0.6 is 0 Å². The van der Waals surface area contributed by atoms with Crippen molar-refractivity contribution in [3.8, 4) is 0 Å². The molecule has 0 aliphatic heterocycles. The minimum atomic E-state index is -1.05. The van der Waals surface area contributed by atoms with E-state index in [1.54, 1.807) is 0 Å². The van der Waals surface area contributed by atoms with Gasteiger partial charge in [-0.3, -0.25) is 0 Å². The first-order valence-electron chi connectivity index (χ1n) is 5.77. The zero-order chi connectivity index (χ0) is 12.5. The number of benzene rings is 1. The number of aliphatic hydroxyl groups excluding tert-OH is 1. The average molecular weight is 242 g/mol. The van der Waals surface area contributed by atoms with Gasteiger partial charge in [0.15, 0.2) is 0 Å². The van der Waals surface area contributed by atoms with Crippen LogP contribution in [0.2, 0.25) is 0 Å². The SMILES string of the molecule is COC1(C(O)c2ccc(F)cc2F)CCCC1. The first kappa shape index (κ1) is 12.5. The molecule has 2 rings (SSSR count). The zero-order valence-corrected chi connectivity index (χ0v) is 9.75. The summed E-state index contributed by atoms with van der Waals surface area (Å²) in [6.07, 6.45) is 2.25. The fraction of sp³-hybridized carbons (Fsp3) is 0.538. The summed E-state index contributed by atoms with van der Waals surface area (Å²) in [4.78, 5) is 0. The van der Waals surface area contributed by atoms with E-state index in [9.17, 15) is 13.9 Å². The monoisotopic (exact) mass is 242 g/mol. The molecule has 2 nitrogen and oxygen atoms in total. The highest BCUT2D eigenvalue weighted by Crippen LogP contribution is 2.43. The van der Waals surface area contributed by atoms with Gasteiger partial charge in [0.05, 0.1) is 5.60 Å². The number of aliphatic hydroxyl groups is 1. The molecule has 1 aliphatic rings. The predicted molar refractivity (Wildman–Crippen MR) is 59.5 cm³/mol. The lowest BCUT2D eigenvalue weighted by atomic mass is 9.89. The Kier molecular flexibility index (Phi) is 3.45. The van der Waals surface area contributed by atoms with Gasteiger partial charge in [0.1, 0.15) is 17.7 Å². The zero-order valence-electron chi connectivity index (χ0n) is 9.75. The topological polar surface area (TPSA) is 29.5 Å². The summed E-state index contributed by atoms with van der Waals surface area (Å²) in [7, 11) is 1.52. The Balaban J connectivity index is 2.32. The number of rotatable bonds is 3. The Morgan fingerprint density at radius 2 is 1.94 bits per heavy atom. The Labute approximate surface area is 99.2 Å². The summed E-state index contributed by atoms with van der Waals surface area (Å²) in [6, 6.07) is 3.23. The smallest absolute Gasteiger partial charge is 0.132 e. The summed E-state index contributed by atoms with van der Waals surface area (Å²) in [5.41, 5.74) is -0.617. The quantitative estimate of drug-likeness (QED) is 0.883. The van der Waals surface area contributed by atoms with Gasteiger partial charge in [0.25, 0.3) is 0 Å². The fourth-order valence-corrected chi connectivity index (χ4v) is 2.57.